The third-order valence-electron chi connectivity index (χ3n) is 3.82. The molecule has 0 saturated carbocycles. The van der Waals surface area contributed by atoms with E-state index in [2.05, 4.69) is 47.2 Å². The van der Waals surface area contributed by atoms with Crippen LogP contribution in [0, 0.1) is 6.92 Å². The van der Waals surface area contributed by atoms with E-state index in [0.29, 0.717) is 0 Å². The fourth-order valence-corrected chi connectivity index (χ4v) is 3.66. The van der Waals surface area contributed by atoms with Gasteiger partial charge in [-0.15, -0.1) is 0 Å². The van der Waals surface area contributed by atoms with Crippen LogP contribution in [0.15, 0.2) is 16.6 Å². The summed E-state index contributed by atoms with van der Waals surface area (Å²) < 4.78 is 1.11. The smallest absolute Gasteiger partial charge is 0.0868 e. The van der Waals surface area contributed by atoms with Gasteiger partial charge in [0.25, 0.3) is 0 Å². The Morgan fingerprint density at radius 1 is 1.26 bits per heavy atom. The first-order chi connectivity index (χ1) is 9.20. The third kappa shape index (κ3) is 2.25. The number of aryl methyl sites for hydroxylation is 2. The monoisotopic (exact) mass is 318 g/mol. The van der Waals surface area contributed by atoms with Crippen LogP contribution in [0.1, 0.15) is 36.6 Å². The van der Waals surface area contributed by atoms with E-state index >= 15 is 0 Å². The summed E-state index contributed by atoms with van der Waals surface area (Å²) in [6, 6.07) is 4.40. The van der Waals surface area contributed by atoms with Crippen LogP contribution in [0.3, 0.4) is 0 Å². The molecule has 0 amide bonds. The molecule has 0 saturated heterocycles. The van der Waals surface area contributed by atoms with E-state index in [-0.39, 0.29) is 0 Å². The molecule has 1 aromatic carbocycles. The predicted molar refractivity (Wildman–Crippen MR) is 85.0 cm³/mol. The summed E-state index contributed by atoms with van der Waals surface area (Å²) in [5, 5.41) is 4.83. The van der Waals surface area contributed by atoms with Crippen LogP contribution in [0.25, 0.3) is 10.9 Å². The summed E-state index contributed by atoms with van der Waals surface area (Å²) >= 11 is 3.67. The zero-order chi connectivity index (χ0) is 13.4. The van der Waals surface area contributed by atoms with Crippen molar-refractivity contribution in [2.24, 2.45) is 0 Å². The van der Waals surface area contributed by atoms with Crippen LogP contribution >= 0.6 is 15.9 Å². The second-order valence-corrected chi connectivity index (χ2v) is 6.15. The summed E-state index contributed by atoms with van der Waals surface area (Å²) in [5.74, 6) is 0. The SMILES string of the molecule is CCNc1c2c(nc3c(Br)cc(C)cc13)CCCC2. The number of benzene rings is 1. The predicted octanol–water partition coefficient (Wildman–Crippen LogP) is 4.62. The third-order valence-corrected chi connectivity index (χ3v) is 4.42. The Bertz CT molecular complexity index is 634. The number of rotatable bonds is 2. The number of nitrogens with one attached hydrogen (secondary N) is 1. The molecule has 19 heavy (non-hydrogen) atoms. The number of pyridine rings is 1. The Kier molecular flexibility index (Phi) is 3.48. The largest absolute Gasteiger partial charge is 0.384 e. The van der Waals surface area contributed by atoms with E-state index in [0.717, 1.165) is 29.4 Å². The molecule has 0 bridgehead atoms. The van der Waals surface area contributed by atoms with Crippen molar-refractivity contribution in [2.45, 2.75) is 39.5 Å². The molecule has 100 valence electrons. The highest BCUT2D eigenvalue weighted by atomic mass is 79.9. The maximum Gasteiger partial charge on any atom is 0.0868 e. The first-order valence-electron chi connectivity index (χ1n) is 7.06. The maximum atomic E-state index is 4.91. The van der Waals surface area contributed by atoms with Crippen molar-refractivity contribution in [1.29, 1.82) is 0 Å². The van der Waals surface area contributed by atoms with Crippen molar-refractivity contribution < 1.29 is 0 Å². The molecule has 1 aromatic heterocycles. The van der Waals surface area contributed by atoms with Gasteiger partial charge in [0, 0.05) is 27.8 Å². The minimum atomic E-state index is 0.955. The van der Waals surface area contributed by atoms with Crippen molar-refractivity contribution in [3.05, 3.63) is 33.4 Å². The summed E-state index contributed by atoms with van der Waals surface area (Å²) in [7, 11) is 0. The van der Waals surface area contributed by atoms with Crippen LogP contribution in [0.2, 0.25) is 0 Å². The van der Waals surface area contributed by atoms with Crippen molar-refractivity contribution >= 4 is 32.5 Å². The fourth-order valence-electron chi connectivity index (χ4n) is 3.00. The van der Waals surface area contributed by atoms with Gasteiger partial charge in [-0.05, 0) is 78.7 Å². The van der Waals surface area contributed by atoms with Gasteiger partial charge in [-0.2, -0.15) is 0 Å². The lowest BCUT2D eigenvalue weighted by atomic mass is 9.92. The van der Waals surface area contributed by atoms with Crippen LogP contribution in [-0.2, 0) is 12.8 Å². The van der Waals surface area contributed by atoms with E-state index in [1.54, 1.807) is 0 Å². The molecule has 1 heterocycles. The number of hydrogen-bond acceptors (Lipinski definition) is 2. The van der Waals surface area contributed by atoms with Gasteiger partial charge >= 0.3 is 0 Å². The summed E-state index contributed by atoms with van der Waals surface area (Å²) in [5.41, 5.74) is 6.42. The molecule has 0 radical (unpaired) electrons. The minimum Gasteiger partial charge on any atom is -0.384 e. The van der Waals surface area contributed by atoms with Gasteiger partial charge in [-0.1, -0.05) is 0 Å². The van der Waals surface area contributed by atoms with Gasteiger partial charge in [0.05, 0.1) is 5.52 Å². The van der Waals surface area contributed by atoms with E-state index in [4.69, 9.17) is 4.98 Å². The lowest BCUT2D eigenvalue weighted by Crippen LogP contribution is -2.11. The van der Waals surface area contributed by atoms with E-state index in [1.165, 1.54) is 40.7 Å². The average Bonchev–Trinajstić information content (AvgIpc) is 2.40. The number of fused-ring (bicyclic) bond motifs is 2. The van der Waals surface area contributed by atoms with E-state index in [1.807, 2.05) is 0 Å². The highest BCUT2D eigenvalue weighted by Gasteiger charge is 2.19. The highest BCUT2D eigenvalue weighted by Crippen LogP contribution is 2.36. The zero-order valence-corrected chi connectivity index (χ0v) is 13.1. The van der Waals surface area contributed by atoms with E-state index in [9.17, 15) is 0 Å². The summed E-state index contributed by atoms with van der Waals surface area (Å²) in [6.45, 7) is 5.25. The molecule has 0 spiro atoms. The van der Waals surface area contributed by atoms with E-state index < -0.39 is 0 Å². The Morgan fingerprint density at radius 2 is 2.05 bits per heavy atom. The van der Waals surface area contributed by atoms with Crippen LogP contribution in [0.4, 0.5) is 5.69 Å². The molecule has 2 nitrogen and oxygen atoms in total. The van der Waals surface area contributed by atoms with Crippen LogP contribution in [-0.4, -0.2) is 11.5 Å². The second-order valence-electron chi connectivity index (χ2n) is 5.29. The normalized spacial score (nSPS) is 14.5. The van der Waals surface area contributed by atoms with Gasteiger partial charge in [0.2, 0.25) is 0 Å². The maximum absolute atomic E-state index is 4.91. The lowest BCUT2D eigenvalue weighted by Gasteiger charge is -2.22. The molecule has 2 aromatic rings. The Morgan fingerprint density at radius 3 is 2.84 bits per heavy atom. The van der Waals surface area contributed by atoms with Gasteiger partial charge in [-0.25, -0.2) is 0 Å². The summed E-state index contributed by atoms with van der Waals surface area (Å²) in [4.78, 5) is 4.91. The van der Waals surface area contributed by atoms with Crippen LogP contribution in [0.5, 0.6) is 0 Å². The molecule has 3 heteroatoms. The number of anilines is 1. The highest BCUT2D eigenvalue weighted by molar-refractivity contribution is 9.10. The number of aromatic nitrogens is 1. The Balaban J connectivity index is 2.35. The minimum absolute atomic E-state index is 0.955. The zero-order valence-electron chi connectivity index (χ0n) is 11.5. The van der Waals surface area contributed by atoms with Gasteiger partial charge in [-0.3, -0.25) is 4.98 Å². The van der Waals surface area contributed by atoms with Gasteiger partial charge in [0.1, 0.15) is 0 Å². The number of hydrogen-bond donors (Lipinski definition) is 1. The topological polar surface area (TPSA) is 24.9 Å². The first kappa shape index (κ1) is 12.9. The molecule has 1 aliphatic rings. The quantitative estimate of drug-likeness (QED) is 0.874. The molecule has 0 aliphatic heterocycles. The molecule has 0 fully saturated rings. The standard InChI is InChI=1S/C16H19BrN2/c1-3-18-15-11-6-4-5-7-14(11)19-16-12(15)8-10(2)9-13(16)17/h8-9H,3-7H2,1-2H3,(H,18,19). The van der Waals surface area contributed by atoms with Gasteiger partial charge < -0.3 is 5.32 Å². The first-order valence-corrected chi connectivity index (χ1v) is 7.85. The lowest BCUT2D eigenvalue weighted by molar-refractivity contribution is 0.672. The van der Waals surface area contributed by atoms with Crippen molar-refractivity contribution in [2.75, 3.05) is 11.9 Å². The number of halogens is 1. The molecular formula is C16H19BrN2. The average molecular weight is 319 g/mol. The van der Waals surface area contributed by atoms with Gasteiger partial charge in [0.15, 0.2) is 0 Å². The van der Waals surface area contributed by atoms with Crippen LogP contribution < -0.4 is 5.32 Å². The number of nitrogens with zero attached hydrogens (tertiary/aromatic N) is 1. The molecule has 0 unspecified atom stereocenters. The second kappa shape index (κ2) is 5.12. The van der Waals surface area contributed by atoms with Crippen molar-refractivity contribution in [3.8, 4) is 0 Å². The molecule has 3 rings (SSSR count). The molecule has 1 N–H and O–H groups in total. The Hall–Kier alpha value is -1.09. The van der Waals surface area contributed by atoms with Crippen molar-refractivity contribution in [1.82, 2.24) is 4.98 Å². The molecular weight excluding hydrogens is 300 g/mol. The Labute approximate surface area is 122 Å². The molecule has 1 aliphatic carbocycles. The van der Waals surface area contributed by atoms with Crippen molar-refractivity contribution in [3.63, 3.8) is 0 Å². The molecule has 0 atom stereocenters. The fraction of sp³-hybridized carbons (Fsp3) is 0.438. The summed E-state index contributed by atoms with van der Waals surface area (Å²) in [6.07, 6.45) is 4.82.